The van der Waals surface area contributed by atoms with Gasteiger partial charge in [0, 0.05) is 12.6 Å². The Hall–Kier alpha value is -3.46. The number of aliphatic carboxylic acids is 1. The maximum Gasteiger partial charge on any atom is 0.309 e. The van der Waals surface area contributed by atoms with E-state index in [0.29, 0.717) is 25.2 Å². The van der Waals surface area contributed by atoms with Crippen LogP contribution in [0.3, 0.4) is 0 Å². The van der Waals surface area contributed by atoms with Crippen molar-refractivity contribution in [2.24, 2.45) is 5.92 Å². The molecular weight excluding hydrogens is 398 g/mol. The van der Waals surface area contributed by atoms with E-state index in [4.69, 9.17) is 5.26 Å². The van der Waals surface area contributed by atoms with Crippen LogP contribution in [0.4, 0.5) is 0 Å². The van der Waals surface area contributed by atoms with Crippen molar-refractivity contribution in [3.63, 3.8) is 0 Å². The Balaban J connectivity index is 1.67. The second kappa shape index (κ2) is 12.4. The first-order valence-electron chi connectivity index (χ1n) is 10.9. The van der Waals surface area contributed by atoms with E-state index in [1.807, 2.05) is 48.5 Å². The minimum atomic E-state index is -0.848. The topological polar surface area (TPSA) is 85.2 Å². The van der Waals surface area contributed by atoms with Crippen LogP contribution in [0.5, 0.6) is 0 Å². The Labute approximate surface area is 189 Å². The van der Waals surface area contributed by atoms with Gasteiger partial charge in [0.1, 0.15) is 0 Å². The maximum atomic E-state index is 12.2. The molecule has 0 fully saturated rings. The minimum Gasteiger partial charge on any atom is -0.481 e. The van der Waals surface area contributed by atoms with Crippen molar-refractivity contribution in [2.45, 2.75) is 18.9 Å². The molecule has 0 radical (unpaired) electrons. The van der Waals surface area contributed by atoms with Gasteiger partial charge in [0.25, 0.3) is 0 Å². The van der Waals surface area contributed by atoms with Gasteiger partial charge in [-0.25, -0.2) is 0 Å². The minimum absolute atomic E-state index is 0.352. The Bertz CT molecular complexity index is 999. The van der Waals surface area contributed by atoms with Crippen molar-refractivity contribution in [1.29, 1.82) is 5.26 Å². The Morgan fingerprint density at radius 1 is 0.844 bits per heavy atom. The van der Waals surface area contributed by atoms with E-state index in [9.17, 15) is 9.90 Å². The number of benzene rings is 3. The molecule has 0 amide bonds. The number of rotatable bonds is 12. The normalized spacial score (nSPS) is 12.6. The fourth-order valence-electron chi connectivity index (χ4n) is 3.76. The van der Waals surface area contributed by atoms with E-state index >= 15 is 0 Å². The zero-order chi connectivity index (χ0) is 22.6. The Morgan fingerprint density at radius 2 is 1.41 bits per heavy atom. The molecule has 0 heterocycles. The first kappa shape index (κ1) is 23.2. The fraction of sp³-hybridized carbons (Fsp3) is 0.259. The summed E-state index contributed by atoms with van der Waals surface area (Å²) >= 11 is 0. The summed E-state index contributed by atoms with van der Waals surface area (Å²) in [5.74, 6) is -1.49. The van der Waals surface area contributed by atoms with Crippen molar-refractivity contribution in [3.8, 4) is 6.07 Å². The first-order chi connectivity index (χ1) is 15.7. The van der Waals surface area contributed by atoms with Crippen LogP contribution in [0.1, 0.15) is 28.3 Å². The smallest absolute Gasteiger partial charge is 0.309 e. The predicted molar refractivity (Wildman–Crippen MR) is 126 cm³/mol. The van der Waals surface area contributed by atoms with Crippen LogP contribution >= 0.6 is 0 Å². The number of hydrogen-bond donors (Lipinski definition) is 3. The van der Waals surface area contributed by atoms with Gasteiger partial charge in [-0.2, -0.15) is 5.26 Å². The number of nitrogens with one attached hydrogen (secondary N) is 2. The van der Waals surface area contributed by atoms with Crippen molar-refractivity contribution in [2.75, 3.05) is 19.6 Å². The van der Waals surface area contributed by atoms with Crippen molar-refractivity contribution >= 4 is 5.97 Å². The van der Waals surface area contributed by atoms with Crippen LogP contribution in [0, 0.1) is 17.2 Å². The summed E-state index contributed by atoms with van der Waals surface area (Å²) < 4.78 is 0. The second-order valence-electron chi connectivity index (χ2n) is 7.79. The number of hydrogen-bond acceptors (Lipinski definition) is 4. The van der Waals surface area contributed by atoms with E-state index in [2.05, 4.69) is 41.0 Å². The number of carboxylic acid groups (broad SMARTS) is 1. The van der Waals surface area contributed by atoms with Gasteiger partial charge in [-0.05, 0) is 54.8 Å². The van der Waals surface area contributed by atoms with E-state index in [1.54, 1.807) is 12.1 Å². The number of nitrogens with zero attached hydrogens (tertiary/aromatic N) is 1. The molecule has 0 saturated heterocycles. The SMILES string of the molecule is N#Cc1ccc(C(NCCc2ccccc2)C(CNCCc2ccccc2)C(=O)O)cc1. The molecule has 3 aromatic carbocycles. The third-order valence-electron chi connectivity index (χ3n) is 5.54. The quantitative estimate of drug-likeness (QED) is 0.381. The lowest BCUT2D eigenvalue weighted by atomic mass is 9.91. The molecule has 3 aromatic rings. The number of carboxylic acids is 1. The van der Waals surface area contributed by atoms with Crippen LogP contribution < -0.4 is 10.6 Å². The van der Waals surface area contributed by atoms with Gasteiger partial charge < -0.3 is 15.7 Å². The third kappa shape index (κ3) is 7.05. The van der Waals surface area contributed by atoms with Crippen molar-refractivity contribution in [3.05, 3.63) is 107 Å². The van der Waals surface area contributed by atoms with Gasteiger partial charge >= 0.3 is 5.97 Å². The molecule has 3 N–H and O–H groups in total. The second-order valence-corrected chi connectivity index (χ2v) is 7.79. The average Bonchev–Trinajstić information content (AvgIpc) is 2.84. The molecule has 0 aliphatic carbocycles. The monoisotopic (exact) mass is 427 g/mol. The van der Waals surface area contributed by atoms with Crippen LogP contribution in [-0.4, -0.2) is 30.7 Å². The highest BCUT2D eigenvalue weighted by atomic mass is 16.4. The molecular formula is C27H29N3O2. The molecule has 2 unspecified atom stereocenters. The van der Waals surface area contributed by atoms with E-state index in [1.165, 1.54) is 11.1 Å². The molecule has 2 atom stereocenters. The molecule has 0 aromatic heterocycles. The lowest BCUT2D eigenvalue weighted by molar-refractivity contribution is -0.142. The van der Waals surface area contributed by atoms with Gasteiger partial charge in [0.15, 0.2) is 0 Å². The lowest BCUT2D eigenvalue weighted by Crippen LogP contribution is -2.40. The van der Waals surface area contributed by atoms with Crippen LogP contribution in [-0.2, 0) is 17.6 Å². The molecule has 0 aliphatic rings. The average molecular weight is 428 g/mol. The standard InChI is InChI=1S/C27H29N3O2/c28-19-23-11-13-24(14-12-23)26(30-18-16-22-9-5-2-6-10-22)25(27(31)32)20-29-17-15-21-7-3-1-4-8-21/h1-14,25-26,29-30H,15-18,20H2,(H,31,32). The summed E-state index contributed by atoms with van der Waals surface area (Å²) in [6, 6.07) is 29.2. The number of carbonyl (C=O) groups is 1. The highest BCUT2D eigenvalue weighted by Crippen LogP contribution is 2.23. The highest BCUT2D eigenvalue weighted by molar-refractivity contribution is 5.71. The van der Waals surface area contributed by atoms with Crippen LogP contribution in [0.25, 0.3) is 0 Å². The molecule has 0 bridgehead atoms. The Morgan fingerprint density at radius 3 is 1.94 bits per heavy atom. The van der Waals surface area contributed by atoms with Gasteiger partial charge in [0.05, 0.1) is 17.6 Å². The number of nitriles is 1. The molecule has 3 rings (SSSR count). The zero-order valence-electron chi connectivity index (χ0n) is 18.1. The molecule has 0 aliphatic heterocycles. The zero-order valence-corrected chi connectivity index (χ0v) is 18.1. The van der Waals surface area contributed by atoms with Crippen molar-refractivity contribution < 1.29 is 9.90 Å². The summed E-state index contributed by atoms with van der Waals surface area (Å²) in [7, 11) is 0. The summed E-state index contributed by atoms with van der Waals surface area (Å²) in [4.78, 5) is 12.2. The predicted octanol–water partition coefficient (Wildman–Crippen LogP) is 3.96. The van der Waals surface area contributed by atoms with Gasteiger partial charge in [-0.3, -0.25) is 4.79 Å². The van der Waals surface area contributed by atoms with E-state index < -0.39 is 11.9 Å². The molecule has 5 heteroatoms. The van der Waals surface area contributed by atoms with Gasteiger partial charge in [-0.15, -0.1) is 0 Å². The maximum absolute atomic E-state index is 12.2. The Kier molecular flexibility index (Phi) is 9.00. The summed E-state index contributed by atoms with van der Waals surface area (Å²) in [5.41, 5.74) is 3.85. The van der Waals surface area contributed by atoms with E-state index in [0.717, 1.165) is 18.4 Å². The van der Waals surface area contributed by atoms with Gasteiger partial charge in [-0.1, -0.05) is 72.8 Å². The molecule has 0 spiro atoms. The van der Waals surface area contributed by atoms with Crippen LogP contribution in [0.2, 0.25) is 0 Å². The lowest BCUT2D eigenvalue weighted by Gasteiger charge is -2.26. The molecule has 0 saturated carbocycles. The van der Waals surface area contributed by atoms with Crippen LogP contribution in [0.15, 0.2) is 84.9 Å². The summed E-state index contributed by atoms with van der Waals surface area (Å²) in [6.45, 7) is 1.71. The van der Waals surface area contributed by atoms with Gasteiger partial charge in [0.2, 0.25) is 0 Å². The van der Waals surface area contributed by atoms with Crippen molar-refractivity contribution in [1.82, 2.24) is 10.6 Å². The van der Waals surface area contributed by atoms with E-state index in [-0.39, 0.29) is 6.04 Å². The fourth-order valence-corrected chi connectivity index (χ4v) is 3.76. The summed E-state index contributed by atoms with van der Waals surface area (Å²) in [5, 5.41) is 25.9. The largest absolute Gasteiger partial charge is 0.481 e. The molecule has 5 nitrogen and oxygen atoms in total. The first-order valence-corrected chi connectivity index (χ1v) is 10.9. The molecule has 164 valence electrons. The highest BCUT2D eigenvalue weighted by Gasteiger charge is 2.29. The summed E-state index contributed by atoms with van der Waals surface area (Å²) in [6.07, 6.45) is 1.65. The third-order valence-corrected chi connectivity index (χ3v) is 5.54. The molecule has 32 heavy (non-hydrogen) atoms.